The monoisotopic (exact) mass is 566 g/mol. The van der Waals surface area contributed by atoms with Gasteiger partial charge < -0.3 is 36.2 Å². The van der Waals surface area contributed by atoms with Crippen molar-refractivity contribution in [2.45, 2.75) is 56.9 Å². The van der Waals surface area contributed by atoms with Crippen molar-refractivity contribution in [3.63, 3.8) is 0 Å². The molecule has 5 N–H and O–H groups in total. The Bertz CT molecular complexity index is 1230. The minimum absolute atomic E-state index is 0.0136. The minimum atomic E-state index is -0.518. The Hall–Kier alpha value is -3.93. The third-order valence-corrected chi connectivity index (χ3v) is 8.36. The maximum absolute atomic E-state index is 13.2. The standard InChI is InChI=1S/C28H39N7O3.CH3NO/c1-33-12-10-18(11-13-33)19-8-9-22(24(14-19)38-3)31-28-30-16-23-26(32-28)35(21-6-4-5-7-21)17-20(15-25(29)36)27(37)34(23)2;2-1-3/h8-9,14,16,18,20-21H,4-7,10-13,15,17H2,1-3H3,(H2,29,36)(H,30,31,32);1H,(H2,2,3). The van der Waals surface area contributed by atoms with E-state index in [-0.39, 0.29) is 24.8 Å². The Morgan fingerprint density at radius 3 is 2.49 bits per heavy atom. The van der Waals surface area contributed by atoms with E-state index in [1.54, 1.807) is 25.3 Å². The number of nitrogens with one attached hydrogen (secondary N) is 1. The molecule has 2 fully saturated rings. The van der Waals surface area contributed by atoms with Crippen molar-refractivity contribution >= 4 is 41.4 Å². The van der Waals surface area contributed by atoms with Crippen LogP contribution in [0.3, 0.4) is 0 Å². The highest BCUT2D eigenvalue weighted by atomic mass is 16.5. The third kappa shape index (κ3) is 7.05. The predicted octanol–water partition coefficient (Wildman–Crippen LogP) is 2.36. The molecule has 12 heteroatoms. The van der Waals surface area contributed by atoms with Crippen LogP contribution >= 0.6 is 0 Å². The van der Waals surface area contributed by atoms with Crippen molar-refractivity contribution < 1.29 is 19.1 Å². The zero-order valence-corrected chi connectivity index (χ0v) is 24.2. The molecule has 1 saturated carbocycles. The van der Waals surface area contributed by atoms with E-state index in [1.807, 2.05) is 6.07 Å². The molecule has 0 radical (unpaired) electrons. The Balaban J connectivity index is 0.00000124. The number of anilines is 4. The van der Waals surface area contributed by atoms with Gasteiger partial charge in [-0.05, 0) is 69.4 Å². The Kier molecular flexibility index (Phi) is 9.98. The van der Waals surface area contributed by atoms with Gasteiger partial charge in [0.05, 0.1) is 24.9 Å². The second kappa shape index (κ2) is 13.6. The molecule has 3 amide bonds. The SMILES string of the molecule is COc1cc(C2CCN(C)CC2)ccc1Nc1ncc2c(n1)N(C1CCCC1)CC(CC(N)=O)C(=O)N2C.NC=O. The highest BCUT2D eigenvalue weighted by Crippen LogP contribution is 2.39. The number of rotatable bonds is 7. The topological polar surface area (TPSA) is 160 Å². The van der Waals surface area contributed by atoms with E-state index >= 15 is 0 Å². The average Bonchev–Trinajstić information content (AvgIpc) is 3.47. The number of hydrogen-bond acceptors (Lipinski definition) is 9. The molecule has 1 aliphatic carbocycles. The summed E-state index contributed by atoms with van der Waals surface area (Å²) in [6.07, 6.45) is 8.56. The van der Waals surface area contributed by atoms with Gasteiger partial charge in [0.25, 0.3) is 0 Å². The number of carbonyl (C=O) groups excluding carboxylic acids is 3. The van der Waals surface area contributed by atoms with E-state index in [1.165, 1.54) is 5.56 Å². The first-order valence-electron chi connectivity index (χ1n) is 14.2. The van der Waals surface area contributed by atoms with E-state index in [0.717, 1.165) is 63.1 Å². The maximum Gasteiger partial charge on any atom is 0.232 e. The maximum atomic E-state index is 13.2. The summed E-state index contributed by atoms with van der Waals surface area (Å²) in [6.45, 7) is 2.62. The molecule has 3 heterocycles. The predicted molar refractivity (Wildman–Crippen MR) is 158 cm³/mol. The number of methoxy groups -OCH3 is 1. The molecule has 0 bridgehead atoms. The molecule has 12 nitrogen and oxygen atoms in total. The summed E-state index contributed by atoms with van der Waals surface area (Å²) in [5.41, 5.74) is 12.4. The number of carbonyl (C=O) groups is 3. The quantitative estimate of drug-likeness (QED) is 0.428. The van der Waals surface area contributed by atoms with Gasteiger partial charge in [0, 0.05) is 26.1 Å². The number of nitrogens with zero attached hydrogens (tertiary/aromatic N) is 5. The van der Waals surface area contributed by atoms with E-state index in [9.17, 15) is 9.59 Å². The minimum Gasteiger partial charge on any atom is -0.495 e. The zero-order valence-electron chi connectivity index (χ0n) is 24.2. The van der Waals surface area contributed by atoms with Crippen LogP contribution in [0.2, 0.25) is 0 Å². The van der Waals surface area contributed by atoms with Crippen LogP contribution in [0.5, 0.6) is 5.75 Å². The molecule has 1 aromatic heterocycles. The van der Waals surface area contributed by atoms with Crippen LogP contribution in [0.15, 0.2) is 24.4 Å². The number of nitrogens with two attached hydrogens (primary N) is 2. The van der Waals surface area contributed by atoms with Crippen molar-refractivity contribution in [3.05, 3.63) is 30.0 Å². The largest absolute Gasteiger partial charge is 0.495 e. The highest BCUT2D eigenvalue weighted by Gasteiger charge is 2.37. The summed E-state index contributed by atoms with van der Waals surface area (Å²) in [6, 6.07) is 6.58. The molecular weight excluding hydrogens is 524 g/mol. The van der Waals surface area contributed by atoms with Crippen LogP contribution in [0.25, 0.3) is 0 Å². The van der Waals surface area contributed by atoms with Crippen LogP contribution in [-0.4, -0.2) is 80.0 Å². The van der Waals surface area contributed by atoms with Gasteiger partial charge >= 0.3 is 0 Å². The summed E-state index contributed by atoms with van der Waals surface area (Å²) >= 11 is 0. The fraction of sp³-hybridized carbons (Fsp3) is 0.552. The smallest absolute Gasteiger partial charge is 0.232 e. The number of primary amides is 2. The summed E-state index contributed by atoms with van der Waals surface area (Å²) in [7, 11) is 5.57. The third-order valence-electron chi connectivity index (χ3n) is 8.36. The van der Waals surface area contributed by atoms with Gasteiger partial charge in [-0.1, -0.05) is 18.9 Å². The normalized spacial score (nSPS) is 20.1. The van der Waals surface area contributed by atoms with Crippen LogP contribution in [0.1, 0.15) is 56.4 Å². The number of fused-ring (bicyclic) bond motifs is 1. The summed E-state index contributed by atoms with van der Waals surface area (Å²) in [5, 5.41) is 3.35. The van der Waals surface area contributed by atoms with E-state index < -0.39 is 11.8 Å². The van der Waals surface area contributed by atoms with Crippen LogP contribution < -0.4 is 31.3 Å². The van der Waals surface area contributed by atoms with Crippen molar-refractivity contribution in [2.75, 3.05) is 56.0 Å². The van der Waals surface area contributed by atoms with E-state index in [4.69, 9.17) is 20.2 Å². The molecular formula is C29H42N8O4. The summed E-state index contributed by atoms with van der Waals surface area (Å²) < 4.78 is 5.75. The Morgan fingerprint density at radius 1 is 1.17 bits per heavy atom. The number of amides is 3. The van der Waals surface area contributed by atoms with Crippen molar-refractivity contribution in [2.24, 2.45) is 17.4 Å². The molecule has 2 aromatic rings. The van der Waals surface area contributed by atoms with Gasteiger partial charge in [-0.2, -0.15) is 4.98 Å². The molecule has 2 aliphatic heterocycles. The lowest BCUT2D eigenvalue weighted by atomic mass is 9.89. The second-order valence-corrected chi connectivity index (χ2v) is 11.1. The lowest BCUT2D eigenvalue weighted by molar-refractivity contribution is -0.126. The summed E-state index contributed by atoms with van der Waals surface area (Å²) in [5.74, 6) is 1.29. The first kappa shape index (κ1) is 30.0. The molecule has 0 spiro atoms. The van der Waals surface area contributed by atoms with Crippen molar-refractivity contribution in [1.29, 1.82) is 0 Å². The fourth-order valence-electron chi connectivity index (χ4n) is 6.13. The number of aromatic nitrogens is 2. The molecule has 1 aromatic carbocycles. The van der Waals surface area contributed by atoms with Gasteiger partial charge in [0.1, 0.15) is 11.4 Å². The first-order valence-corrected chi connectivity index (χ1v) is 14.2. The molecule has 41 heavy (non-hydrogen) atoms. The van der Waals surface area contributed by atoms with Gasteiger partial charge in [-0.3, -0.25) is 14.4 Å². The van der Waals surface area contributed by atoms with Gasteiger partial charge in [0.2, 0.25) is 24.2 Å². The molecule has 5 rings (SSSR count). The summed E-state index contributed by atoms with van der Waals surface area (Å²) in [4.78, 5) is 49.2. The van der Waals surface area contributed by atoms with Gasteiger partial charge in [0.15, 0.2) is 5.82 Å². The number of benzene rings is 1. The zero-order chi connectivity index (χ0) is 29.5. The fourth-order valence-corrected chi connectivity index (χ4v) is 6.13. The lowest BCUT2D eigenvalue weighted by Crippen LogP contribution is -2.41. The average molecular weight is 567 g/mol. The molecule has 222 valence electrons. The number of piperidine rings is 1. The number of likely N-dealkylation sites (tertiary alicyclic amines) is 1. The van der Waals surface area contributed by atoms with Crippen LogP contribution in [-0.2, 0) is 14.4 Å². The molecule has 3 aliphatic rings. The molecule has 1 unspecified atom stereocenters. The lowest BCUT2D eigenvalue weighted by Gasteiger charge is -2.31. The second-order valence-electron chi connectivity index (χ2n) is 11.1. The highest BCUT2D eigenvalue weighted by molar-refractivity contribution is 6.00. The molecule has 1 saturated heterocycles. The number of ether oxygens (including phenoxy) is 1. The van der Waals surface area contributed by atoms with Crippen LogP contribution in [0.4, 0.5) is 23.1 Å². The van der Waals surface area contributed by atoms with Crippen LogP contribution in [0, 0.1) is 5.92 Å². The Morgan fingerprint density at radius 2 is 1.85 bits per heavy atom. The Labute approximate surface area is 241 Å². The van der Waals surface area contributed by atoms with Gasteiger partial charge in [-0.25, -0.2) is 4.98 Å². The van der Waals surface area contributed by atoms with E-state index in [0.29, 0.717) is 29.9 Å². The first-order chi connectivity index (χ1) is 19.7. The molecule has 1 atom stereocenters. The van der Waals surface area contributed by atoms with E-state index in [2.05, 4.69) is 45.0 Å². The van der Waals surface area contributed by atoms with Gasteiger partial charge in [-0.15, -0.1) is 0 Å². The van der Waals surface area contributed by atoms with Crippen molar-refractivity contribution in [3.8, 4) is 5.75 Å². The number of hydrogen-bond donors (Lipinski definition) is 3. The van der Waals surface area contributed by atoms with Crippen molar-refractivity contribution in [1.82, 2.24) is 14.9 Å².